The largest absolute Gasteiger partial charge is 0.497 e. The van der Waals surface area contributed by atoms with Crippen LogP contribution in [0.2, 0.25) is 0 Å². The Kier molecular flexibility index (Phi) is 6.69. The minimum atomic E-state index is -0.0283. The molecule has 26 heavy (non-hydrogen) atoms. The van der Waals surface area contributed by atoms with Crippen LogP contribution in [0.4, 0.5) is 0 Å². The average molecular weight is 418 g/mol. The van der Waals surface area contributed by atoms with Crippen molar-refractivity contribution in [3.63, 3.8) is 0 Å². The zero-order valence-corrected chi connectivity index (χ0v) is 16.6. The Hall–Kier alpha value is -1.85. The van der Waals surface area contributed by atoms with Crippen LogP contribution in [0, 0.1) is 0 Å². The maximum atomic E-state index is 12.7. The van der Waals surface area contributed by atoms with Gasteiger partial charge in [0.2, 0.25) is 0 Å². The van der Waals surface area contributed by atoms with E-state index in [1.165, 1.54) is 32.4 Å². The fourth-order valence-electron chi connectivity index (χ4n) is 3.14. The first-order valence-corrected chi connectivity index (χ1v) is 9.80. The molecule has 0 atom stereocenters. The fraction of sp³-hybridized carbons (Fsp3) is 0.381. The van der Waals surface area contributed by atoms with Crippen molar-refractivity contribution in [2.75, 3.05) is 33.4 Å². The van der Waals surface area contributed by atoms with E-state index in [2.05, 4.69) is 20.8 Å². The number of hydrogen-bond acceptors (Lipinski definition) is 4. The minimum Gasteiger partial charge on any atom is -0.497 e. The summed E-state index contributed by atoms with van der Waals surface area (Å²) in [7, 11) is 1.60. The van der Waals surface area contributed by atoms with Crippen molar-refractivity contribution < 1.29 is 14.3 Å². The van der Waals surface area contributed by atoms with Crippen LogP contribution >= 0.6 is 15.9 Å². The third-order valence-corrected chi connectivity index (χ3v) is 5.32. The van der Waals surface area contributed by atoms with Crippen LogP contribution in [0.3, 0.4) is 0 Å². The maximum absolute atomic E-state index is 12.7. The molecule has 1 heterocycles. The normalized spacial score (nSPS) is 14.8. The Morgan fingerprint density at radius 1 is 1.04 bits per heavy atom. The molecule has 2 aromatic rings. The average Bonchev–Trinajstić information content (AvgIpc) is 2.69. The number of halogens is 1. The van der Waals surface area contributed by atoms with Crippen molar-refractivity contribution in [3.8, 4) is 11.5 Å². The van der Waals surface area contributed by atoms with E-state index in [1.807, 2.05) is 24.3 Å². The van der Waals surface area contributed by atoms with Crippen LogP contribution in [-0.2, 0) is 0 Å². The van der Waals surface area contributed by atoms with E-state index in [4.69, 9.17) is 9.47 Å². The Labute approximate surface area is 163 Å². The Balaban J connectivity index is 1.57. The summed E-state index contributed by atoms with van der Waals surface area (Å²) in [6, 6.07) is 12.7. The number of likely N-dealkylation sites (tertiary alicyclic amines) is 1. The van der Waals surface area contributed by atoms with E-state index in [-0.39, 0.29) is 5.78 Å². The third kappa shape index (κ3) is 4.86. The van der Waals surface area contributed by atoms with Crippen LogP contribution in [0.25, 0.3) is 0 Å². The van der Waals surface area contributed by atoms with Gasteiger partial charge in [-0.25, -0.2) is 0 Å². The van der Waals surface area contributed by atoms with Gasteiger partial charge in [0.05, 0.1) is 7.11 Å². The van der Waals surface area contributed by atoms with E-state index >= 15 is 0 Å². The molecule has 0 saturated carbocycles. The molecule has 0 N–H and O–H groups in total. The molecule has 0 radical (unpaired) electrons. The highest BCUT2D eigenvalue weighted by Crippen LogP contribution is 2.25. The number of carbonyl (C=O) groups is 1. The SMILES string of the molecule is COc1ccc(C(=O)c2ccc(OCCN3CCCCC3)cc2)c(Br)c1. The molecule has 0 unspecified atom stereocenters. The Morgan fingerprint density at radius 2 is 1.73 bits per heavy atom. The highest BCUT2D eigenvalue weighted by Gasteiger charge is 2.14. The summed E-state index contributed by atoms with van der Waals surface area (Å²) in [4.78, 5) is 15.1. The van der Waals surface area contributed by atoms with Gasteiger partial charge in [0, 0.05) is 22.1 Å². The molecule has 0 spiro atoms. The number of piperidine rings is 1. The maximum Gasteiger partial charge on any atom is 0.194 e. The third-order valence-electron chi connectivity index (χ3n) is 4.66. The number of ether oxygens (including phenoxy) is 2. The molecule has 2 aromatic carbocycles. The minimum absolute atomic E-state index is 0.0283. The van der Waals surface area contributed by atoms with Crippen molar-refractivity contribution in [2.45, 2.75) is 19.3 Å². The van der Waals surface area contributed by atoms with Gasteiger partial charge >= 0.3 is 0 Å². The quantitative estimate of drug-likeness (QED) is 0.619. The molecule has 0 bridgehead atoms. The number of hydrogen-bond donors (Lipinski definition) is 0. The van der Waals surface area contributed by atoms with Crippen LogP contribution in [0.1, 0.15) is 35.2 Å². The van der Waals surface area contributed by atoms with Crippen LogP contribution in [0.5, 0.6) is 11.5 Å². The number of nitrogens with zero attached hydrogens (tertiary/aromatic N) is 1. The standard InChI is InChI=1S/C21H24BrNO3/c1-25-18-9-10-19(20(22)15-18)21(24)16-5-7-17(8-6-16)26-14-13-23-11-3-2-4-12-23/h5-10,15H,2-4,11-14H2,1H3. The first-order chi connectivity index (χ1) is 12.7. The molecular weight excluding hydrogens is 394 g/mol. The first-order valence-electron chi connectivity index (χ1n) is 9.01. The molecular formula is C21H24BrNO3. The summed E-state index contributed by atoms with van der Waals surface area (Å²) in [5.41, 5.74) is 1.25. The van der Waals surface area contributed by atoms with Crippen molar-refractivity contribution in [2.24, 2.45) is 0 Å². The van der Waals surface area contributed by atoms with Gasteiger partial charge < -0.3 is 9.47 Å². The van der Waals surface area contributed by atoms with Gasteiger partial charge in [-0.05, 0) is 84.3 Å². The number of rotatable bonds is 7. The lowest BCUT2D eigenvalue weighted by Crippen LogP contribution is -2.33. The predicted molar refractivity (Wildman–Crippen MR) is 106 cm³/mol. The zero-order chi connectivity index (χ0) is 18.4. The summed E-state index contributed by atoms with van der Waals surface area (Å²) >= 11 is 3.44. The van der Waals surface area contributed by atoms with E-state index < -0.39 is 0 Å². The summed E-state index contributed by atoms with van der Waals surface area (Å²) in [5.74, 6) is 1.48. The van der Waals surface area contributed by atoms with Crippen LogP contribution in [-0.4, -0.2) is 44.0 Å². The lowest BCUT2D eigenvalue weighted by Gasteiger charge is -2.26. The second kappa shape index (κ2) is 9.19. The van der Waals surface area contributed by atoms with Gasteiger partial charge in [0.1, 0.15) is 18.1 Å². The van der Waals surface area contributed by atoms with Gasteiger partial charge in [0.15, 0.2) is 5.78 Å². The van der Waals surface area contributed by atoms with Gasteiger partial charge in [-0.1, -0.05) is 6.42 Å². The smallest absolute Gasteiger partial charge is 0.194 e. The lowest BCUT2D eigenvalue weighted by molar-refractivity contribution is 0.103. The number of ketones is 1. The second-order valence-electron chi connectivity index (χ2n) is 6.45. The van der Waals surface area contributed by atoms with Crippen LogP contribution < -0.4 is 9.47 Å². The monoisotopic (exact) mass is 417 g/mol. The molecule has 1 fully saturated rings. The van der Waals surface area contributed by atoms with Crippen molar-refractivity contribution in [3.05, 3.63) is 58.1 Å². The molecule has 5 heteroatoms. The van der Waals surface area contributed by atoms with E-state index in [9.17, 15) is 4.79 Å². The highest BCUT2D eigenvalue weighted by atomic mass is 79.9. The molecule has 0 amide bonds. The lowest BCUT2D eigenvalue weighted by atomic mass is 10.0. The predicted octanol–water partition coefficient (Wildman–Crippen LogP) is 4.55. The first kappa shape index (κ1) is 18.9. The fourth-order valence-corrected chi connectivity index (χ4v) is 3.68. The molecule has 1 aliphatic rings. The van der Waals surface area contributed by atoms with Crippen molar-refractivity contribution in [1.29, 1.82) is 0 Å². The van der Waals surface area contributed by atoms with Crippen LogP contribution in [0.15, 0.2) is 46.9 Å². The van der Waals surface area contributed by atoms with Crippen molar-refractivity contribution in [1.82, 2.24) is 4.90 Å². The zero-order valence-electron chi connectivity index (χ0n) is 15.0. The number of methoxy groups -OCH3 is 1. The summed E-state index contributed by atoms with van der Waals surface area (Å²) in [6.07, 6.45) is 3.92. The van der Waals surface area contributed by atoms with Gasteiger partial charge in [-0.15, -0.1) is 0 Å². The Bertz CT molecular complexity index is 739. The van der Waals surface area contributed by atoms with Gasteiger partial charge in [0.25, 0.3) is 0 Å². The summed E-state index contributed by atoms with van der Waals surface area (Å²) in [6.45, 7) is 3.98. The molecule has 1 aliphatic heterocycles. The number of benzene rings is 2. The Morgan fingerprint density at radius 3 is 2.38 bits per heavy atom. The van der Waals surface area contributed by atoms with Crippen molar-refractivity contribution >= 4 is 21.7 Å². The van der Waals surface area contributed by atoms with E-state index in [1.54, 1.807) is 25.3 Å². The molecule has 4 nitrogen and oxygen atoms in total. The van der Waals surface area contributed by atoms with E-state index in [0.29, 0.717) is 23.5 Å². The topological polar surface area (TPSA) is 38.8 Å². The van der Waals surface area contributed by atoms with Gasteiger partial charge in [-0.3, -0.25) is 9.69 Å². The molecule has 1 saturated heterocycles. The molecule has 0 aliphatic carbocycles. The molecule has 3 rings (SSSR count). The molecule has 138 valence electrons. The summed E-state index contributed by atoms with van der Waals surface area (Å²) < 4.78 is 11.7. The summed E-state index contributed by atoms with van der Waals surface area (Å²) in [5, 5.41) is 0. The second-order valence-corrected chi connectivity index (χ2v) is 7.30. The highest BCUT2D eigenvalue weighted by molar-refractivity contribution is 9.10. The van der Waals surface area contributed by atoms with E-state index in [0.717, 1.165) is 16.8 Å². The van der Waals surface area contributed by atoms with Gasteiger partial charge in [-0.2, -0.15) is 0 Å². The molecule has 0 aromatic heterocycles. The number of carbonyl (C=O) groups excluding carboxylic acids is 1.